The van der Waals surface area contributed by atoms with Gasteiger partial charge < -0.3 is 24.4 Å². The average Bonchev–Trinajstić information content (AvgIpc) is 2.83. The predicted octanol–water partition coefficient (Wildman–Crippen LogP) is 4.51. The summed E-state index contributed by atoms with van der Waals surface area (Å²) in [5.74, 6) is 1.54. The molecule has 1 N–H and O–H groups in total. The summed E-state index contributed by atoms with van der Waals surface area (Å²) in [4.78, 5) is 26.8. The summed E-state index contributed by atoms with van der Waals surface area (Å²) in [6.07, 6.45) is -0.636. The lowest BCUT2D eigenvalue weighted by Crippen LogP contribution is -2.46. The normalized spacial score (nSPS) is 14.7. The van der Waals surface area contributed by atoms with Crippen LogP contribution >= 0.6 is 0 Å². The standard InChI is InChI=1S/C27H28N2O5/c1-18-9-10-19(2)24(15-18)33-17-26(30)28-21-11-12-23-25(16-21)34-20(3)27(31)29(23)13-14-32-22-7-5-4-6-8-22/h4-12,15-16,20H,13-14,17H2,1-3H3,(H,28,30). The van der Waals surface area contributed by atoms with Crippen LogP contribution in [-0.2, 0) is 9.59 Å². The van der Waals surface area contributed by atoms with E-state index in [9.17, 15) is 9.59 Å². The van der Waals surface area contributed by atoms with Gasteiger partial charge in [-0.2, -0.15) is 0 Å². The molecule has 7 heteroatoms. The Morgan fingerprint density at radius 1 is 1.03 bits per heavy atom. The Kier molecular flexibility index (Phi) is 7.01. The van der Waals surface area contributed by atoms with Crippen LogP contribution < -0.4 is 24.4 Å². The third-order valence-corrected chi connectivity index (χ3v) is 5.48. The summed E-state index contributed by atoms with van der Waals surface area (Å²) < 4.78 is 17.2. The number of carbonyl (C=O) groups is 2. The molecular weight excluding hydrogens is 432 g/mol. The number of anilines is 2. The second-order valence-corrected chi connectivity index (χ2v) is 8.20. The number of ether oxygens (including phenoxy) is 3. The van der Waals surface area contributed by atoms with Crippen LogP contribution in [0, 0.1) is 13.8 Å². The Bertz CT molecular complexity index is 1180. The van der Waals surface area contributed by atoms with E-state index in [2.05, 4.69) is 5.32 Å². The highest BCUT2D eigenvalue weighted by Gasteiger charge is 2.31. The highest BCUT2D eigenvalue weighted by molar-refractivity contribution is 6.00. The third-order valence-electron chi connectivity index (χ3n) is 5.48. The van der Waals surface area contributed by atoms with Gasteiger partial charge in [-0.1, -0.05) is 30.3 Å². The topological polar surface area (TPSA) is 77.1 Å². The molecule has 0 spiro atoms. The number of hydrogen-bond acceptors (Lipinski definition) is 5. The largest absolute Gasteiger partial charge is 0.492 e. The molecule has 1 aliphatic rings. The van der Waals surface area contributed by atoms with Crippen molar-refractivity contribution in [3.8, 4) is 17.2 Å². The van der Waals surface area contributed by atoms with E-state index >= 15 is 0 Å². The minimum absolute atomic E-state index is 0.111. The zero-order valence-corrected chi connectivity index (χ0v) is 19.5. The fourth-order valence-electron chi connectivity index (χ4n) is 3.69. The number of benzene rings is 3. The van der Waals surface area contributed by atoms with Crippen molar-refractivity contribution in [3.05, 3.63) is 77.9 Å². The first-order valence-electron chi connectivity index (χ1n) is 11.2. The van der Waals surface area contributed by atoms with Crippen LogP contribution in [0.3, 0.4) is 0 Å². The minimum atomic E-state index is -0.636. The molecule has 0 bridgehead atoms. The van der Waals surface area contributed by atoms with E-state index in [1.54, 1.807) is 30.0 Å². The summed E-state index contributed by atoms with van der Waals surface area (Å²) in [7, 11) is 0. The molecule has 2 amide bonds. The van der Waals surface area contributed by atoms with Gasteiger partial charge in [0.05, 0.1) is 12.2 Å². The van der Waals surface area contributed by atoms with Gasteiger partial charge in [-0.15, -0.1) is 0 Å². The smallest absolute Gasteiger partial charge is 0.267 e. The number of aryl methyl sites for hydroxylation is 2. The van der Waals surface area contributed by atoms with E-state index in [0.29, 0.717) is 36.0 Å². The van der Waals surface area contributed by atoms with Gasteiger partial charge >= 0.3 is 0 Å². The highest BCUT2D eigenvalue weighted by atomic mass is 16.5. The van der Waals surface area contributed by atoms with Gasteiger partial charge in [0.25, 0.3) is 11.8 Å². The molecule has 7 nitrogen and oxygen atoms in total. The minimum Gasteiger partial charge on any atom is -0.492 e. The van der Waals surface area contributed by atoms with E-state index < -0.39 is 6.10 Å². The van der Waals surface area contributed by atoms with Crippen molar-refractivity contribution in [2.45, 2.75) is 26.9 Å². The maximum Gasteiger partial charge on any atom is 0.267 e. The number of amides is 2. The zero-order chi connectivity index (χ0) is 24.1. The molecule has 0 saturated heterocycles. The number of carbonyl (C=O) groups excluding carboxylic acids is 2. The summed E-state index contributed by atoms with van der Waals surface area (Å²) in [6, 6.07) is 20.6. The molecule has 1 heterocycles. The first-order valence-corrected chi connectivity index (χ1v) is 11.2. The monoisotopic (exact) mass is 460 g/mol. The lowest BCUT2D eigenvalue weighted by molar-refractivity contribution is -0.125. The quantitative estimate of drug-likeness (QED) is 0.535. The SMILES string of the molecule is Cc1ccc(C)c(OCC(=O)Nc2ccc3c(c2)OC(C)C(=O)N3CCOc2ccccc2)c1. The lowest BCUT2D eigenvalue weighted by Gasteiger charge is -2.33. The number of fused-ring (bicyclic) bond motifs is 1. The Hall–Kier alpha value is -4.00. The lowest BCUT2D eigenvalue weighted by atomic mass is 10.1. The molecule has 1 aliphatic heterocycles. The molecule has 1 unspecified atom stereocenters. The Morgan fingerprint density at radius 3 is 2.62 bits per heavy atom. The first kappa shape index (κ1) is 23.2. The molecule has 176 valence electrons. The van der Waals surface area contributed by atoms with Gasteiger partial charge in [0.2, 0.25) is 0 Å². The zero-order valence-electron chi connectivity index (χ0n) is 19.5. The molecule has 34 heavy (non-hydrogen) atoms. The summed E-state index contributed by atoms with van der Waals surface area (Å²) in [5.41, 5.74) is 3.24. The molecule has 0 aromatic heterocycles. The molecule has 3 aromatic rings. The molecule has 0 radical (unpaired) electrons. The van der Waals surface area contributed by atoms with Crippen molar-refractivity contribution in [1.82, 2.24) is 0 Å². The van der Waals surface area contributed by atoms with Crippen LogP contribution in [0.2, 0.25) is 0 Å². The fourth-order valence-corrected chi connectivity index (χ4v) is 3.69. The molecule has 0 aliphatic carbocycles. The van der Waals surface area contributed by atoms with Gasteiger partial charge in [0.15, 0.2) is 12.7 Å². The Morgan fingerprint density at radius 2 is 1.82 bits per heavy atom. The summed E-state index contributed by atoms with van der Waals surface area (Å²) in [6.45, 7) is 6.23. The summed E-state index contributed by atoms with van der Waals surface area (Å²) in [5, 5.41) is 2.83. The Balaban J connectivity index is 1.39. The van der Waals surface area contributed by atoms with Crippen LogP contribution in [0.1, 0.15) is 18.1 Å². The van der Waals surface area contributed by atoms with Crippen LogP contribution in [-0.4, -0.2) is 37.7 Å². The molecule has 0 fully saturated rings. The number of hydrogen-bond donors (Lipinski definition) is 1. The van der Waals surface area contributed by atoms with E-state index in [1.807, 2.05) is 62.4 Å². The molecule has 3 aromatic carbocycles. The number of para-hydroxylation sites is 1. The molecule has 0 saturated carbocycles. The third kappa shape index (κ3) is 5.49. The second-order valence-electron chi connectivity index (χ2n) is 8.20. The van der Waals surface area contributed by atoms with Crippen molar-refractivity contribution in [2.75, 3.05) is 30.0 Å². The molecular formula is C27H28N2O5. The van der Waals surface area contributed by atoms with Crippen molar-refractivity contribution < 1.29 is 23.8 Å². The fraction of sp³-hybridized carbons (Fsp3) is 0.259. The van der Waals surface area contributed by atoms with Crippen LogP contribution in [0.25, 0.3) is 0 Å². The van der Waals surface area contributed by atoms with Crippen LogP contribution in [0.4, 0.5) is 11.4 Å². The Labute approximate surface area is 199 Å². The maximum atomic E-state index is 12.7. The average molecular weight is 461 g/mol. The summed E-state index contributed by atoms with van der Waals surface area (Å²) >= 11 is 0. The predicted molar refractivity (Wildman–Crippen MR) is 131 cm³/mol. The molecule has 1 atom stereocenters. The van der Waals surface area contributed by atoms with E-state index in [0.717, 1.165) is 16.9 Å². The van der Waals surface area contributed by atoms with Gasteiger partial charge in [0, 0.05) is 11.8 Å². The maximum absolute atomic E-state index is 12.7. The number of nitrogens with zero attached hydrogens (tertiary/aromatic N) is 1. The van der Waals surface area contributed by atoms with E-state index in [4.69, 9.17) is 14.2 Å². The van der Waals surface area contributed by atoms with Gasteiger partial charge in [-0.25, -0.2) is 0 Å². The van der Waals surface area contributed by atoms with Crippen molar-refractivity contribution in [2.24, 2.45) is 0 Å². The van der Waals surface area contributed by atoms with Gasteiger partial charge in [-0.05, 0) is 62.2 Å². The van der Waals surface area contributed by atoms with E-state index in [-0.39, 0.29) is 18.4 Å². The van der Waals surface area contributed by atoms with Crippen LogP contribution in [0.15, 0.2) is 66.7 Å². The van der Waals surface area contributed by atoms with Gasteiger partial charge in [0.1, 0.15) is 23.9 Å². The highest BCUT2D eigenvalue weighted by Crippen LogP contribution is 2.36. The second kappa shape index (κ2) is 10.3. The van der Waals surface area contributed by atoms with Crippen molar-refractivity contribution >= 4 is 23.2 Å². The number of nitrogens with one attached hydrogen (secondary N) is 1. The van der Waals surface area contributed by atoms with Gasteiger partial charge in [-0.3, -0.25) is 9.59 Å². The van der Waals surface area contributed by atoms with Crippen molar-refractivity contribution in [1.29, 1.82) is 0 Å². The molecule has 4 rings (SSSR count). The van der Waals surface area contributed by atoms with Crippen LogP contribution in [0.5, 0.6) is 17.2 Å². The first-order chi connectivity index (χ1) is 16.4. The number of rotatable bonds is 8. The van der Waals surface area contributed by atoms with Crippen molar-refractivity contribution in [3.63, 3.8) is 0 Å². The van der Waals surface area contributed by atoms with E-state index in [1.165, 1.54) is 0 Å².